The van der Waals surface area contributed by atoms with Gasteiger partial charge in [0.05, 0.1) is 7.11 Å². The lowest BCUT2D eigenvalue weighted by molar-refractivity contribution is -0.176. The molecule has 0 amide bonds. The molecule has 5 N–H and O–H groups in total. The molecule has 608 valence electrons. The van der Waals surface area contributed by atoms with E-state index in [1.165, 1.54) is 117 Å². The molecule has 9 aromatic carbocycles. The summed E-state index contributed by atoms with van der Waals surface area (Å²) in [5, 5.41) is 36.4. The van der Waals surface area contributed by atoms with E-state index in [0.717, 1.165) is 43.0 Å². The predicted octanol–water partition coefficient (Wildman–Crippen LogP) is 32.3. The van der Waals surface area contributed by atoms with Crippen molar-refractivity contribution in [1.29, 1.82) is 0 Å². The van der Waals surface area contributed by atoms with E-state index in [9.17, 15) is 0 Å². The van der Waals surface area contributed by atoms with Gasteiger partial charge in [0.25, 0.3) is 0 Å². The minimum atomic E-state index is 0.267. The maximum absolute atomic E-state index is 7.00. The molecular formula is C102H164O6. The Morgan fingerprint density at radius 3 is 1.12 bits per heavy atom. The Hall–Kier alpha value is -6.90. The number of hydrogen-bond acceptors (Lipinski definition) is 6. The van der Waals surface area contributed by atoms with Crippen molar-refractivity contribution in [3.05, 3.63) is 267 Å². The first-order valence-corrected chi connectivity index (χ1v) is 41.9. The van der Waals surface area contributed by atoms with Crippen LogP contribution >= 0.6 is 0 Å². The second kappa shape index (κ2) is 68.2. The fourth-order valence-corrected chi connectivity index (χ4v) is 11.8. The number of aryl methyl sites for hydroxylation is 2. The quantitative estimate of drug-likeness (QED) is 0.0474. The van der Waals surface area contributed by atoms with E-state index in [1.54, 1.807) is 29.4 Å². The fourth-order valence-electron chi connectivity index (χ4n) is 11.8. The van der Waals surface area contributed by atoms with Crippen LogP contribution < -0.4 is 4.74 Å². The third-order valence-electron chi connectivity index (χ3n) is 20.1. The Morgan fingerprint density at radius 1 is 0.361 bits per heavy atom. The molecule has 6 nitrogen and oxygen atoms in total. The fraction of sp³-hybridized carbons (Fsp3) is 0.510. The third-order valence-corrected chi connectivity index (χ3v) is 20.1. The zero-order valence-corrected chi connectivity index (χ0v) is 75.3. The van der Waals surface area contributed by atoms with Crippen LogP contribution in [0.15, 0.2) is 200 Å². The minimum absolute atomic E-state index is 0.267. The lowest BCUT2D eigenvalue weighted by Crippen LogP contribution is -2.20. The molecule has 0 fully saturated rings. The van der Waals surface area contributed by atoms with Gasteiger partial charge in [0, 0.05) is 7.11 Å². The molecule has 2 aliphatic carbocycles. The van der Waals surface area contributed by atoms with Gasteiger partial charge in [-0.25, -0.2) is 0 Å². The molecule has 0 radical (unpaired) electrons. The third kappa shape index (κ3) is 41.2. The van der Waals surface area contributed by atoms with Gasteiger partial charge in [-0.2, -0.15) is 0 Å². The summed E-state index contributed by atoms with van der Waals surface area (Å²) in [7, 11) is 2.69. The van der Waals surface area contributed by atoms with Gasteiger partial charge in [-0.1, -0.05) is 401 Å². The van der Waals surface area contributed by atoms with Crippen molar-refractivity contribution in [1.82, 2.24) is 0 Å². The molecule has 0 aromatic heterocycles. The minimum Gasteiger partial charge on any atom is -0.497 e. The van der Waals surface area contributed by atoms with Crippen molar-refractivity contribution in [3.8, 4) is 5.75 Å². The van der Waals surface area contributed by atoms with Crippen molar-refractivity contribution >= 4 is 21.5 Å². The Labute approximate surface area is 666 Å². The maximum atomic E-state index is 7.00. The van der Waals surface area contributed by atoms with Gasteiger partial charge in [0.2, 0.25) is 0 Å². The average Bonchev–Trinajstić information content (AvgIpc) is 1.02. The molecule has 11 rings (SSSR count). The van der Waals surface area contributed by atoms with Crippen LogP contribution in [0.1, 0.15) is 342 Å². The molecule has 9 aromatic rings. The van der Waals surface area contributed by atoms with E-state index in [1.807, 2.05) is 95.2 Å². The monoisotopic (exact) mass is 1490 g/mol. The second-order valence-electron chi connectivity index (χ2n) is 27.8. The summed E-state index contributed by atoms with van der Waals surface area (Å²) in [5.41, 5.74) is 18.0. The van der Waals surface area contributed by atoms with E-state index < -0.39 is 0 Å². The van der Waals surface area contributed by atoms with Gasteiger partial charge >= 0.3 is 0 Å². The zero-order chi connectivity index (χ0) is 83.9. The number of aliphatic hydroxyl groups is 1. The van der Waals surface area contributed by atoms with Crippen LogP contribution in [0.3, 0.4) is 0 Å². The summed E-state index contributed by atoms with van der Waals surface area (Å²) in [6, 6.07) is 72.7. The van der Waals surface area contributed by atoms with Gasteiger partial charge in [-0.3, -0.25) is 21.0 Å². The number of ether oxygens (including phenoxy) is 1. The second-order valence-corrected chi connectivity index (χ2v) is 27.8. The molecule has 0 saturated heterocycles. The van der Waals surface area contributed by atoms with E-state index in [2.05, 4.69) is 320 Å². The van der Waals surface area contributed by atoms with Crippen LogP contribution in [-0.4, -0.2) is 40.4 Å². The van der Waals surface area contributed by atoms with Crippen molar-refractivity contribution in [2.75, 3.05) is 14.2 Å². The number of hydrogen-bond donors (Lipinski definition) is 5. The highest BCUT2D eigenvalue weighted by molar-refractivity contribution is 6.07. The van der Waals surface area contributed by atoms with Crippen molar-refractivity contribution < 1.29 is 30.9 Å². The van der Waals surface area contributed by atoms with E-state index in [-0.39, 0.29) is 5.41 Å². The highest BCUT2D eigenvalue weighted by Crippen LogP contribution is 2.37. The van der Waals surface area contributed by atoms with Crippen LogP contribution in [0.2, 0.25) is 0 Å². The molecule has 6 heteroatoms. The highest BCUT2D eigenvalue weighted by atomic mass is 17.0. The number of aliphatic hydroxyl groups excluding tert-OH is 1. The predicted molar refractivity (Wildman–Crippen MR) is 487 cm³/mol. The van der Waals surface area contributed by atoms with Crippen molar-refractivity contribution in [3.63, 3.8) is 0 Å². The molecule has 0 saturated carbocycles. The SMILES string of the molecule is CC.CC.CC.CC.CC.CC.CC1Cc2ccccc2C1C.CC1Cc2ccccc2CC1C.CCC(C)c1ccc(C)cc1.CCC(C)c1ccc(OC)cc1.CCC(C)c1ccc2ccc3ccccc3c2c1.CCC(C)c1cccc(C(C)(C)C)c1.CCc1cccc(C(C)CC)c1.CO.OO.OO. The van der Waals surface area contributed by atoms with Gasteiger partial charge in [0.15, 0.2) is 0 Å². The largest absolute Gasteiger partial charge is 0.497 e. The van der Waals surface area contributed by atoms with E-state index in [0.29, 0.717) is 29.6 Å². The summed E-state index contributed by atoms with van der Waals surface area (Å²) < 4.78 is 5.08. The van der Waals surface area contributed by atoms with Gasteiger partial charge in [-0.05, 0) is 218 Å². The lowest BCUT2D eigenvalue weighted by atomic mass is 9.78. The van der Waals surface area contributed by atoms with Gasteiger partial charge in [0.1, 0.15) is 5.75 Å². The molecule has 0 aliphatic heterocycles. The molecule has 9 atom stereocenters. The van der Waals surface area contributed by atoms with Gasteiger partial charge in [-0.15, -0.1) is 0 Å². The topological polar surface area (TPSA) is 110 Å². The molecule has 108 heavy (non-hydrogen) atoms. The Morgan fingerprint density at radius 2 is 0.704 bits per heavy atom. The normalized spacial score (nSPS) is 14.7. The summed E-state index contributed by atoms with van der Waals surface area (Å²) in [4.78, 5) is 0. The number of methoxy groups -OCH3 is 1. The van der Waals surface area contributed by atoms with Crippen molar-refractivity contribution in [2.45, 2.75) is 313 Å². The first-order valence-electron chi connectivity index (χ1n) is 41.9. The smallest absolute Gasteiger partial charge is 0.118 e. The molecule has 0 bridgehead atoms. The number of benzene rings is 9. The summed E-state index contributed by atoms with van der Waals surface area (Å²) in [5.74, 6) is 7.63. The Bertz CT molecular complexity index is 3460. The molecular weight excluding hydrogens is 1320 g/mol. The highest BCUT2D eigenvalue weighted by Gasteiger charge is 2.25. The molecule has 0 heterocycles. The first kappa shape index (κ1) is 110. The standard InChI is InChI=1S/C18H18.C14H22.C12H16.C12H18.C11H16O.C11H14.C11H16.6C2H6.CH4O.2H2O2/c1-3-13(2)16-11-10-15-9-8-14-6-4-5-7-17(14)18(15)12-16;1-6-11(2)12-8-7-9-13(10-12)14(3,4)5;1-9-7-11-5-3-4-6-12(11)8-10(9)2;1-4-10(3)12-8-6-7-11(5-2)9-12;1-4-9(2)10-5-7-11(12-3)8-6-10;1-8-7-10-5-3-4-6-11(10)9(8)2;1-4-10(3)11-7-5-9(2)6-8-11;9*1-2/h4-13H,3H2,1-2H3;7-11H,6H2,1-5H3;3-6,9-10H,7-8H2,1-2H3;6-10H,4-5H2,1-3H3;5-9H,4H2,1-3H3;3-6,8-9H,7H2,1-2H3;5-8,10H,4H2,1-3H3;6*1-2H3;2H,1H3;2*1-2H. The molecule has 2 aliphatic rings. The van der Waals surface area contributed by atoms with Crippen LogP contribution in [0.5, 0.6) is 5.75 Å². The number of fused-ring (bicyclic) bond motifs is 5. The lowest BCUT2D eigenvalue weighted by Gasteiger charge is -2.27. The summed E-state index contributed by atoms with van der Waals surface area (Å²) in [6.07, 6.45) is 11.0. The summed E-state index contributed by atoms with van der Waals surface area (Å²) in [6.45, 7) is 67.1. The maximum Gasteiger partial charge on any atom is 0.118 e. The van der Waals surface area contributed by atoms with Crippen LogP contribution in [0.4, 0.5) is 0 Å². The van der Waals surface area contributed by atoms with Gasteiger partial charge < -0.3 is 9.84 Å². The first-order chi connectivity index (χ1) is 52.1. The van der Waals surface area contributed by atoms with Crippen molar-refractivity contribution in [2.24, 2.45) is 17.8 Å². The van der Waals surface area contributed by atoms with Crippen LogP contribution in [0, 0.1) is 24.7 Å². The summed E-state index contributed by atoms with van der Waals surface area (Å²) >= 11 is 0. The molecule has 9 unspecified atom stereocenters. The van der Waals surface area contributed by atoms with Crippen LogP contribution in [-0.2, 0) is 31.1 Å². The van der Waals surface area contributed by atoms with E-state index >= 15 is 0 Å². The average molecular weight is 1490 g/mol. The number of rotatable bonds is 12. The van der Waals surface area contributed by atoms with E-state index in [4.69, 9.17) is 30.9 Å². The molecule has 0 spiro atoms. The van der Waals surface area contributed by atoms with Crippen LogP contribution in [0.25, 0.3) is 21.5 Å². The Kier molecular flexibility index (Phi) is 69.2. The Balaban J connectivity index is -0.000000370. The zero-order valence-electron chi connectivity index (χ0n) is 75.3.